The van der Waals surface area contributed by atoms with E-state index in [1.807, 2.05) is 32.4 Å². The zero-order valence-corrected chi connectivity index (χ0v) is 11.5. The van der Waals surface area contributed by atoms with Crippen molar-refractivity contribution in [2.75, 3.05) is 13.1 Å². The third-order valence-corrected chi connectivity index (χ3v) is 6.86. The zero-order chi connectivity index (χ0) is 12.8. The Bertz CT molecular complexity index is 324. The Hall–Kier alpha value is -0.760. The molecule has 3 nitrogen and oxygen atoms in total. The second kappa shape index (κ2) is 6.74. The third-order valence-electron chi connectivity index (χ3n) is 2.68. The summed E-state index contributed by atoms with van der Waals surface area (Å²) in [6, 6.07) is 2.08. The van der Waals surface area contributed by atoms with Crippen molar-refractivity contribution in [3.63, 3.8) is 0 Å². The van der Waals surface area contributed by atoms with Gasteiger partial charge in [-0.15, -0.1) is 6.42 Å². The van der Waals surface area contributed by atoms with Crippen molar-refractivity contribution >= 4 is 7.29 Å². The SMILES string of the molecule is C#CCN(CCC#N)P(=O)(C(C)C)C(C)C. The maximum atomic E-state index is 12.9. The van der Waals surface area contributed by atoms with Gasteiger partial charge in [-0.2, -0.15) is 5.26 Å². The van der Waals surface area contributed by atoms with E-state index >= 15 is 0 Å². The normalized spacial score (nSPS) is 11.8. The van der Waals surface area contributed by atoms with Crippen LogP contribution in [0.3, 0.4) is 0 Å². The lowest BCUT2D eigenvalue weighted by atomic mass is 10.4. The Morgan fingerprint density at radius 3 is 2.12 bits per heavy atom. The topological polar surface area (TPSA) is 44.1 Å². The van der Waals surface area contributed by atoms with Gasteiger partial charge in [-0.1, -0.05) is 33.6 Å². The Morgan fingerprint density at radius 1 is 1.31 bits per heavy atom. The van der Waals surface area contributed by atoms with E-state index in [9.17, 15) is 4.57 Å². The Balaban J connectivity index is 5.05. The molecule has 0 radical (unpaired) electrons. The van der Waals surface area contributed by atoms with Crippen LogP contribution in [0, 0.1) is 23.7 Å². The first-order chi connectivity index (χ1) is 7.41. The van der Waals surface area contributed by atoms with Crippen molar-refractivity contribution in [3.8, 4) is 18.4 Å². The number of nitriles is 1. The van der Waals surface area contributed by atoms with Gasteiger partial charge in [0.2, 0.25) is 0 Å². The predicted molar refractivity (Wildman–Crippen MR) is 68.5 cm³/mol. The van der Waals surface area contributed by atoms with Crippen LogP contribution >= 0.6 is 7.29 Å². The van der Waals surface area contributed by atoms with Crippen LogP contribution in [0.15, 0.2) is 0 Å². The molecule has 4 heteroatoms. The first kappa shape index (κ1) is 15.2. The molecule has 0 aromatic heterocycles. The summed E-state index contributed by atoms with van der Waals surface area (Å²) in [4.78, 5) is 0. The van der Waals surface area contributed by atoms with Crippen LogP contribution in [-0.2, 0) is 4.57 Å². The summed E-state index contributed by atoms with van der Waals surface area (Å²) in [6.07, 6.45) is 5.67. The van der Waals surface area contributed by atoms with Gasteiger partial charge in [0, 0.05) is 24.3 Å². The molecular weight excluding hydrogens is 219 g/mol. The molecule has 90 valence electrons. The molecule has 0 saturated carbocycles. The summed E-state index contributed by atoms with van der Waals surface area (Å²) in [5.74, 6) is 2.54. The fourth-order valence-corrected chi connectivity index (χ4v) is 5.09. The smallest absolute Gasteiger partial charge is 0.156 e. The molecule has 0 heterocycles. The van der Waals surface area contributed by atoms with E-state index in [1.165, 1.54) is 0 Å². The molecule has 0 aliphatic carbocycles. The van der Waals surface area contributed by atoms with E-state index in [0.29, 0.717) is 19.5 Å². The van der Waals surface area contributed by atoms with Crippen molar-refractivity contribution in [1.29, 1.82) is 5.26 Å². The van der Waals surface area contributed by atoms with Gasteiger partial charge in [-0.25, -0.2) is 4.67 Å². The van der Waals surface area contributed by atoms with Crippen molar-refractivity contribution < 1.29 is 4.57 Å². The molecule has 0 amide bonds. The fourth-order valence-electron chi connectivity index (χ4n) is 1.88. The number of hydrogen-bond acceptors (Lipinski definition) is 2. The van der Waals surface area contributed by atoms with Crippen LogP contribution in [0.2, 0.25) is 0 Å². The lowest BCUT2D eigenvalue weighted by Crippen LogP contribution is -2.30. The fraction of sp³-hybridized carbons (Fsp3) is 0.750. The average molecular weight is 240 g/mol. The molecule has 0 spiro atoms. The molecule has 0 bridgehead atoms. The third kappa shape index (κ3) is 3.38. The molecular formula is C12H21N2OP. The molecule has 0 rings (SSSR count). The van der Waals surface area contributed by atoms with Crippen LogP contribution in [0.5, 0.6) is 0 Å². The minimum atomic E-state index is -2.48. The van der Waals surface area contributed by atoms with Crippen molar-refractivity contribution in [2.45, 2.75) is 45.4 Å². The highest BCUT2D eigenvalue weighted by molar-refractivity contribution is 7.62. The Morgan fingerprint density at radius 2 is 1.81 bits per heavy atom. The summed E-state index contributed by atoms with van der Waals surface area (Å²) in [5.41, 5.74) is 0.138. The van der Waals surface area contributed by atoms with Gasteiger partial charge in [-0.05, 0) is 0 Å². The van der Waals surface area contributed by atoms with Gasteiger partial charge < -0.3 is 4.57 Å². The maximum absolute atomic E-state index is 12.9. The van der Waals surface area contributed by atoms with Crippen LogP contribution in [0.4, 0.5) is 0 Å². The van der Waals surface area contributed by atoms with E-state index in [-0.39, 0.29) is 11.3 Å². The Kier molecular flexibility index (Phi) is 6.42. The lowest BCUT2D eigenvalue weighted by Gasteiger charge is -2.35. The number of terminal acetylenes is 1. The van der Waals surface area contributed by atoms with Crippen LogP contribution in [0.25, 0.3) is 0 Å². The second-order valence-electron chi connectivity index (χ2n) is 4.36. The van der Waals surface area contributed by atoms with Crippen molar-refractivity contribution in [3.05, 3.63) is 0 Å². The largest absolute Gasteiger partial charge is 0.306 e. The molecule has 0 aromatic rings. The number of nitrogens with zero attached hydrogens (tertiary/aromatic N) is 2. The van der Waals surface area contributed by atoms with E-state index in [2.05, 4.69) is 12.0 Å². The molecule has 16 heavy (non-hydrogen) atoms. The lowest BCUT2D eigenvalue weighted by molar-refractivity contribution is 0.437. The summed E-state index contributed by atoms with van der Waals surface area (Å²) in [6.45, 7) is 8.67. The predicted octanol–water partition coefficient (Wildman–Crippen LogP) is 2.93. The molecule has 0 aliphatic heterocycles. The minimum absolute atomic E-state index is 0.0690. The summed E-state index contributed by atoms with van der Waals surface area (Å²) < 4.78 is 14.8. The second-order valence-corrected chi connectivity index (χ2v) is 8.34. The van der Waals surface area contributed by atoms with Crippen LogP contribution in [-0.4, -0.2) is 29.1 Å². The highest BCUT2D eigenvalue weighted by Crippen LogP contribution is 2.57. The zero-order valence-electron chi connectivity index (χ0n) is 10.6. The summed E-state index contributed by atoms with van der Waals surface area (Å²) in [5, 5.41) is 8.61. The van der Waals surface area contributed by atoms with Gasteiger partial charge in [-0.3, -0.25) is 0 Å². The first-order valence-corrected chi connectivity index (χ1v) is 7.36. The van der Waals surface area contributed by atoms with Gasteiger partial charge in [0.25, 0.3) is 0 Å². The number of rotatable bonds is 6. The number of hydrogen-bond donors (Lipinski definition) is 0. The van der Waals surface area contributed by atoms with E-state index in [1.54, 1.807) is 0 Å². The molecule has 0 aromatic carbocycles. The van der Waals surface area contributed by atoms with Crippen molar-refractivity contribution in [1.82, 2.24) is 4.67 Å². The van der Waals surface area contributed by atoms with Crippen molar-refractivity contribution in [2.24, 2.45) is 0 Å². The monoisotopic (exact) mass is 240 g/mol. The highest BCUT2D eigenvalue weighted by Gasteiger charge is 2.36. The molecule has 0 saturated heterocycles. The van der Waals surface area contributed by atoms with Gasteiger partial charge in [0.05, 0.1) is 12.6 Å². The summed E-state index contributed by atoms with van der Waals surface area (Å²) >= 11 is 0. The Labute approximate surface area is 99.3 Å². The highest BCUT2D eigenvalue weighted by atomic mass is 31.2. The molecule has 0 fully saturated rings. The molecule has 0 aliphatic rings. The summed E-state index contributed by atoms with van der Waals surface area (Å²) in [7, 11) is -2.48. The van der Waals surface area contributed by atoms with Gasteiger partial charge in [0.1, 0.15) is 0 Å². The van der Waals surface area contributed by atoms with E-state index in [4.69, 9.17) is 11.7 Å². The first-order valence-electron chi connectivity index (χ1n) is 5.56. The molecule has 0 unspecified atom stereocenters. The van der Waals surface area contributed by atoms with Gasteiger partial charge >= 0.3 is 0 Å². The molecule has 0 atom stereocenters. The van der Waals surface area contributed by atoms with Gasteiger partial charge in [0.15, 0.2) is 7.29 Å². The molecule has 0 N–H and O–H groups in total. The van der Waals surface area contributed by atoms with Crippen LogP contribution in [0.1, 0.15) is 34.1 Å². The van der Waals surface area contributed by atoms with E-state index in [0.717, 1.165) is 0 Å². The van der Waals surface area contributed by atoms with E-state index < -0.39 is 7.29 Å². The quantitative estimate of drug-likeness (QED) is 0.529. The van der Waals surface area contributed by atoms with Crippen LogP contribution < -0.4 is 0 Å². The standard InChI is InChI=1S/C12H21N2OP/c1-6-9-14(10-7-8-13)16(15,11(2)3)12(4)5/h1,11-12H,7,9-10H2,2-5H3. The minimum Gasteiger partial charge on any atom is -0.306 e. The maximum Gasteiger partial charge on any atom is 0.156 e. The average Bonchev–Trinajstić information content (AvgIpc) is 2.22.